The van der Waals surface area contributed by atoms with Crippen LogP contribution in [0.5, 0.6) is 5.75 Å². The first-order valence-corrected chi connectivity index (χ1v) is 14.1. The number of fused-ring (bicyclic) bond motifs is 2. The predicted octanol–water partition coefficient (Wildman–Crippen LogP) is 7.26. The first-order valence-electron chi connectivity index (χ1n) is 14.1. The molecule has 1 aromatic heterocycles. The number of carboxylic acid groups (broad SMARTS) is 1. The van der Waals surface area contributed by atoms with Crippen molar-refractivity contribution in [1.82, 2.24) is 9.88 Å². The maximum atomic E-state index is 11.3. The number of nitrogens with one attached hydrogen (secondary N) is 1. The van der Waals surface area contributed by atoms with Crippen LogP contribution in [0.1, 0.15) is 34.3 Å². The number of hydrogen-bond acceptors (Lipinski definition) is 5. The highest BCUT2D eigenvalue weighted by molar-refractivity contribution is 5.89. The van der Waals surface area contributed by atoms with E-state index in [2.05, 4.69) is 57.7 Å². The summed E-state index contributed by atoms with van der Waals surface area (Å²) in [6, 6.07) is 29.8. The third kappa shape index (κ3) is 6.56. The number of carboxylic acids is 1. The number of aromatic nitrogens is 1. The standard InChI is InChI=1S/C35H33N3O3/c39-35(40)29-13-10-25(11-14-29)18-27(24-41-34-9-5-7-28-6-1-2-8-32(28)34)21-36-31-20-30-19-26(12-15-33(30)37-22-31)23-38-16-3-4-17-38/h1-2,5-15,18-20,22,36H,3-4,16-17,21,23-24H2,(H,39,40)/b27-18-. The minimum absolute atomic E-state index is 0.264. The normalized spacial score (nSPS) is 14.0. The lowest BCUT2D eigenvalue weighted by atomic mass is 10.1. The van der Waals surface area contributed by atoms with E-state index in [1.165, 1.54) is 31.5 Å². The van der Waals surface area contributed by atoms with Crippen LogP contribution >= 0.6 is 0 Å². The van der Waals surface area contributed by atoms with Gasteiger partial charge in [0.2, 0.25) is 0 Å². The Kier molecular flexibility index (Phi) is 7.92. The molecule has 6 nitrogen and oxygen atoms in total. The van der Waals surface area contributed by atoms with Crippen LogP contribution in [-0.2, 0) is 6.54 Å². The fourth-order valence-corrected chi connectivity index (χ4v) is 5.38. The van der Waals surface area contributed by atoms with Crippen molar-refractivity contribution in [3.63, 3.8) is 0 Å². The first kappa shape index (κ1) is 26.5. The summed E-state index contributed by atoms with van der Waals surface area (Å²) in [6.07, 6.45) is 6.49. The monoisotopic (exact) mass is 543 g/mol. The zero-order valence-electron chi connectivity index (χ0n) is 22.9. The van der Waals surface area contributed by atoms with E-state index in [4.69, 9.17) is 4.74 Å². The molecule has 0 aliphatic carbocycles. The van der Waals surface area contributed by atoms with E-state index in [1.807, 2.05) is 48.7 Å². The maximum Gasteiger partial charge on any atom is 0.335 e. The fourth-order valence-electron chi connectivity index (χ4n) is 5.38. The largest absolute Gasteiger partial charge is 0.489 e. The van der Waals surface area contributed by atoms with Gasteiger partial charge in [-0.1, -0.05) is 60.7 Å². The van der Waals surface area contributed by atoms with Crippen LogP contribution in [0.2, 0.25) is 0 Å². The third-order valence-corrected chi connectivity index (χ3v) is 7.56. The maximum absolute atomic E-state index is 11.3. The van der Waals surface area contributed by atoms with Gasteiger partial charge in [0.25, 0.3) is 0 Å². The summed E-state index contributed by atoms with van der Waals surface area (Å²) in [5.41, 5.74) is 5.43. The van der Waals surface area contributed by atoms with Crippen molar-refractivity contribution in [2.75, 3.05) is 31.6 Å². The van der Waals surface area contributed by atoms with E-state index >= 15 is 0 Å². The SMILES string of the molecule is O=C(O)c1ccc(/C=C(/CNc2cnc3ccc(CN4CCCC4)cc3c2)COc2cccc3ccccc23)cc1. The molecule has 0 unspecified atom stereocenters. The molecule has 2 heterocycles. The van der Waals surface area contributed by atoms with Gasteiger partial charge in [0.1, 0.15) is 12.4 Å². The fraction of sp³-hybridized carbons (Fsp3) is 0.200. The Morgan fingerprint density at radius 2 is 1.73 bits per heavy atom. The highest BCUT2D eigenvalue weighted by Crippen LogP contribution is 2.26. The molecule has 0 bridgehead atoms. The van der Waals surface area contributed by atoms with Gasteiger partial charge in [0, 0.05) is 23.9 Å². The molecule has 2 N–H and O–H groups in total. The Bertz CT molecular complexity index is 1700. The Labute approximate surface area is 239 Å². The van der Waals surface area contributed by atoms with Crippen molar-refractivity contribution < 1.29 is 14.6 Å². The molecule has 4 aromatic carbocycles. The number of ether oxygens (including phenoxy) is 1. The van der Waals surface area contributed by atoms with Gasteiger partial charge in [-0.3, -0.25) is 9.88 Å². The van der Waals surface area contributed by atoms with Crippen LogP contribution in [0.3, 0.4) is 0 Å². The smallest absolute Gasteiger partial charge is 0.335 e. The molecule has 0 radical (unpaired) electrons. The van der Waals surface area contributed by atoms with E-state index in [-0.39, 0.29) is 5.56 Å². The lowest BCUT2D eigenvalue weighted by Crippen LogP contribution is -2.18. The molecule has 0 atom stereocenters. The number of hydrogen-bond donors (Lipinski definition) is 2. The third-order valence-electron chi connectivity index (χ3n) is 7.56. The van der Waals surface area contributed by atoms with Crippen molar-refractivity contribution in [1.29, 1.82) is 0 Å². The van der Waals surface area contributed by atoms with Gasteiger partial charge in [-0.25, -0.2) is 4.79 Å². The molecule has 0 amide bonds. The quantitative estimate of drug-likeness (QED) is 0.193. The molecule has 1 aliphatic heterocycles. The molecule has 1 fully saturated rings. The lowest BCUT2D eigenvalue weighted by Gasteiger charge is -2.15. The average molecular weight is 544 g/mol. The summed E-state index contributed by atoms with van der Waals surface area (Å²) in [6.45, 7) is 4.25. The van der Waals surface area contributed by atoms with E-state index in [0.717, 1.165) is 50.8 Å². The van der Waals surface area contributed by atoms with Crippen LogP contribution < -0.4 is 10.1 Å². The molecule has 1 saturated heterocycles. The van der Waals surface area contributed by atoms with Gasteiger partial charge in [-0.05, 0) is 84.4 Å². The molecule has 0 spiro atoms. The molecule has 1 aliphatic rings. The second-order valence-electron chi connectivity index (χ2n) is 10.6. The highest BCUT2D eigenvalue weighted by Gasteiger charge is 2.12. The van der Waals surface area contributed by atoms with Gasteiger partial charge >= 0.3 is 5.97 Å². The van der Waals surface area contributed by atoms with Crippen LogP contribution in [0.25, 0.3) is 27.8 Å². The van der Waals surface area contributed by atoms with Crippen LogP contribution in [0.4, 0.5) is 5.69 Å². The molecule has 5 aromatic rings. The van der Waals surface area contributed by atoms with Crippen LogP contribution in [0, 0.1) is 0 Å². The van der Waals surface area contributed by atoms with Gasteiger partial charge in [0.15, 0.2) is 0 Å². The number of pyridine rings is 1. The topological polar surface area (TPSA) is 74.7 Å². The average Bonchev–Trinajstić information content (AvgIpc) is 3.51. The van der Waals surface area contributed by atoms with E-state index in [9.17, 15) is 9.90 Å². The Morgan fingerprint density at radius 3 is 2.56 bits per heavy atom. The summed E-state index contributed by atoms with van der Waals surface area (Å²) in [5.74, 6) is -0.109. The first-order chi connectivity index (χ1) is 20.1. The number of anilines is 1. The van der Waals surface area contributed by atoms with Crippen molar-refractivity contribution in [2.45, 2.75) is 19.4 Å². The van der Waals surface area contributed by atoms with Crippen molar-refractivity contribution in [3.05, 3.63) is 119 Å². The Morgan fingerprint density at radius 1 is 0.927 bits per heavy atom. The second-order valence-corrected chi connectivity index (χ2v) is 10.6. The van der Waals surface area contributed by atoms with Crippen molar-refractivity contribution in [3.8, 4) is 5.75 Å². The number of nitrogens with zero attached hydrogens (tertiary/aromatic N) is 2. The van der Waals surface area contributed by atoms with E-state index in [0.29, 0.717) is 13.2 Å². The lowest BCUT2D eigenvalue weighted by molar-refractivity contribution is 0.0697. The molecular weight excluding hydrogens is 510 g/mol. The molecule has 6 heteroatoms. The van der Waals surface area contributed by atoms with Gasteiger partial charge in [-0.15, -0.1) is 0 Å². The summed E-state index contributed by atoms with van der Waals surface area (Å²) in [5, 5.41) is 16.1. The number of aromatic carboxylic acids is 1. The molecule has 206 valence electrons. The Hall–Kier alpha value is -4.68. The minimum Gasteiger partial charge on any atom is -0.489 e. The summed E-state index contributed by atoms with van der Waals surface area (Å²) in [7, 11) is 0. The number of carbonyl (C=O) groups is 1. The van der Waals surface area contributed by atoms with Crippen LogP contribution in [0.15, 0.2) is 103 Å². The van der Waals surface area contributed by atoms with E-state index in [1.54, 1.807) is 12.1 Å². The Balaban J connectivity index is 1.22. The molecule has 6 rings (SSSR count). The van der Waals surface area contributed by atoms with Crippen molar-refractivity contribution >= 4 is 39.4 Å². The van der Waals surface area contributed by atoms with Crippen molar-refractivity contribution in [2.24, 2.45) is 0 Å². The van der Waals surface area contributed by atoms with Gasteiger partial charge in [0.05, 0.1) is 23.0 Å². The summed E-state index contributed by atoms with van der Waals surface area (Å²) >= 11 is 0. The predicted molar refractivity (Wildman–Crippen MR) is 166 cm³/mol. The number of rotatable bonds is 10. The van der Waals surface area contributed by atoms with E-state index < -0.39 is 5.97 Å². The zero-order valence-corrected chi connectivity index (χ0v) is 22.9. The minimum atomic E-state index is -0.936. The molecule has 0 saturated carbocycles. The molecule has 41 heavy (non-hydrogen) atoms. The molecular formula is C35H33N3O3. The van der Waals surface area contributed by atoms with Gasteiger partial charge < -0.3 is 15.2 Å². The summed E-state index contributed by atoms with van der Waals surface area (Å²) < 4.78 is 6.33. The zero-order chi connectivity index (χ0) is 28.0. The summed E-state index contributed by atoms with van der Waals surface area (Å²) in [4.78, 5) is 18.5. The number of likely N-dealkylation sites (tertiary alicyclic amines) is 1. The number of benzene rings is 4. The van der Waals surface area contributed by atoms with Gasteiger partial charge in [-0.2, -0.15) is 0 Å². The second kappa shape index (κ2) is 12.2. The van der Waals surface area contributed by atoms with Crippen LogP contribution in [-0.4, -0.2) is 47.2 Å². The highest BCUT2D eigenvalue weighted by atomic mass is 16.5.